The van der Waals surface area contributed by atoms with Crippen LogP contribution in [0.5, 0.6) is 0 Å². The average Bonchev–Trinajstić information content (AvgIpc) is 3.06. The highest BCUT2D eigenvalue weighted by Crippen LogP contribution is 2.30. The van der Waals surface area contributed by atoms with Gasteiger partial charge in [-0.1, -0.05) is 11.8 Å². The molecule has 1 heterocycles. The first-order valence-corrected chi connectivity index (χ1v) is 8.97. The molecule has 0 bridgehead atoms. The lowest BCUT2D eigenvalue weighted by Crippen LogP contribution is -2.39. The number of rotatable bonds is 5. The van der Waals surface area contributed by atoms with Crippen LogP contribution in [-0.4, -0.2) is 32.0 Å². The Balaban J connectivity index is 2.02. The monoisotopic (exact) mass is 403 g/mol. The van der Waals surface area contributed by atoms with Crippen LogP contribution in [-0.2, 0) is 4.79 Å². The quantitative estimate of drug-likeness (QED) is 0.638. The fraction of sp³-hybridized carbons (Fsp3) is 0.111. The van der Waals surface area contributed by atoms with E-state index in [0.717, 1.165) is 11.8 Å². The first-order valence-electron chi connectivity index (χ1n) is 8.09. The van der Waals surface area contributed by atoms with Crippen molar-refractivity contribution in [2.45, 2.75) is 17.3 Å². The van der Waals surface area contributed by atoms with Crippen LogP contribution in [0.3, 0.4) is 0 Å². The van der Waals surface area contributed by atoms with Crippen molar-refractivity contribution in [1.29, 1.82) is 0 Å². The van der Waals surface area contributed by atoms with Crippen LogP contribution in [0.1, 0.15) is 6.92 Å². The van der Waals surface area contributed by atoms with Gasteiger partial charge in [-0.2, -0.15) is 0 Å². The third kappa shape index (κ3) is 4.34. The second kappa shape index (κ2) is 8.17. The SMILES string of the molecule is CC(Sc1nnc(-c2ccc(F)cc2)n1-c1ccc(F)cc1)C(=O)NC(N)=O. The van der Waals surface area contributed by atoms with Crippen molar-refractivity contribution in [1.82, 2.24) is 20.1 Å². The predicted molar refractivity (Wildman–Crippen MR) is 99.8 cm³/mol. The van der Waals surface area contributed by atoms with Gasteiger partial charge in [0, 0.05) is 11.3 Å². The maximum atomic E-state index is 13.4. The van der Waals surface area contributed by atoms with E-state index < -0.39 is 28.8 Å². The molecule has 28 heavy (non-hydrogen) atoms. The molecule has 3 N–H and O–H groups in total. The predicted octanol–water partition coefficient (Wildman–Crippen LogP) is 2.89. The number of thioether (sulfide) groups is 1. The van der Waals surface area contributed by atoms with Gasteiger partial charge in [0.05, 0.1) is 5.25 Å². The summed E-state index contributed by atoms with van der Waals surface area (Å²) in [7, 11) is 0. The van der Waals surface area contributed by atoms with Crippen molar-refractivity contribution < 1.29 is 18.4 Å². The second-order valence-electron chi connectivity index (χ2n) is 5.74. The molecule has 1 atom stereocenters. The zero-order valence-electron chi connectivity index (χ0n) is 14.6. The lowest BCUT2D eigenvalue weighted by atomic mass is 10.2. The number of imide groups is 1. The van der Waals surface area contributed by atoms with E-state index in [2.05, 4.69) is 10.2 Å². The first kappa shape index (κ1) is 19.5. The summed E-state index contributed by atoms with van der Waals surface area (Å²) < 4.78 is 28.2. The van der Waals surface area contributed by atoms with E-state index in [0.29, 0.717) is 22.2 Å². The number of halogens is 2. The summed E-state index contributed by atoms with van der Waals surface area (Å²) in [6.45, 7) is 1.57. The van der Waals surface area contributed by atoms with Gasteiger partial charge < -0.3 is 5.73 Å². The van der Waals surface area contributed by atoms with Crippen LogP contribution in [0.15, 0.2) is 53.7 Å². The molecule has 0 fully saturated rings. The number of nitrogens with two attached hydrogens (primary N) is 1. The van der Waals surface area contributed by atoms with E-state index >= 15 is 0 Å². The maximum Gasteiger partial charge on any atom is 0.318 e. The second-order valence-corrected chi connectivity index (χ2v) is 7.05. The summed E-state index contributed by atoms with van der Waals surface area (Å²) >= 11 is 1.04. The molecule has 7 nitrogen and oxygen atoms in total. The Hall–Kier alpha value is -3.27. The van der Waals surface area contributed by atoms with Gasteiger partial charge in [-0.25, -0.2) is 13.6 Å². The number of nitrogens with one attached hydrogen (secondary N) is 1. The molecule has 3 amide bonds. The smallest absolute Gasteiger partial charge is 0.318 e. The minimum absolute atomic E-state index is 0.332. The van der Waals surface area contributed by atoms with E-state index in [1.165, 1.54) is 48.5 Å². The number of amides is 3. The summed E-state index contributed by atoms with van der Waals surface area (Å²) in [5, 5.41) is 9.87. The van der Waals surface area contributed by atoms with Crippen LogP contribution >= 0.6 is 11.8 Å². The van der Waals surface area contributed by atoms with Crippen LogP contribution in [0.2, 0.25) is 0 Å². The van der Waals surface area contributed by atoms with E-state index in [1.807, 2.05) is 5.32 Å². The summed E-state index contributed by atoms with van der Waals surface area (Å²) in [5.74, 6) is -1.02. The number of aromatic nitrogens is 3. The molecule has 0 aliphatic carbocycles. The zero-order valence-corrected chi connectivity index (χ0v) is 15.4. The Morgan fingerprint density at radius 1 is 1.04 bits per heavy atom. The Kier molecular flexibility index (Phi) is 5.69. The molecule has 0 spiro atoms. The summed E-state index contributed by atoms with van der Waals surface area (Å²) in [4.78, 5) is 22.9. The molecule has 10 heteroatoms. The van der Waals surface area contributed by atoms with Crippen molar-refractivity contribution in [2.75, 3.05) is 0 Å². The standard InChI is InChI=1S/C18H15F2N5O2S/c1-10(16(26)22-17(21)27)28-18-24-23-15(11-2-4-12(19)5-3-11)25(18)14-8-6-13(20)7-9-14/h2-10H,1H3,(H3,21,22,26,27). The molecular formula is C18H15F2N5O2S. The van der Waals surface area contributed by atoms with Gasteiger partial charge in [0.1, 0.15) is 11.6 Å². The number of benzene rings is 2. The molecule has 0 saturated carbocycles. The minimum Gasteiger partial charge on any atom is -0.351 e. The average molecular weight is 403 g/mol. The summed E-state index contributed by atoms with van der Waals surface area (Å²) in [6, 6.07) is 10.3. The highest BCUT2D eigenvalue weighted by atomic mass is 32.2. The minimum atomic E-state index is -0.954. The Labute approximate surface area is 162 Å². The van der Waals surface area contributed by atoms with Gasteiger partial charge in [0.25, 0.3) is 0 Å². The van der Waals surface area contributed by atoms with Gasteiger partial charge in [0.2, 0.25) is 5.91 Å². The normalized spacial score (nSPS) is 11.8. The highest BCUT2D eigenvalue weighted by molar-refractivity contribution is 8.00. The third-order valence-electron chi connectivity index (χ3n) is 3.72. The third-order valence-corrected chi connectivity index (χ3v) is 4.76. The number of hydrogen-bond acceptors (Lipinski definition) is 5. The van der Waals surface area contributed by atoms with Crippen molar-refractivity contribution in [3.05, 3.63) is 60.2 Å². The van der Waals surface area contributed by atoms with E-state index in [1.54, 1.807) is 11.5 Å². The van der Waals surface area contributed by atoms with E-state index in [4.69, 9.17) is 5.73 Å². The molecule has 1 aromatic heterocycles. The molecule has 1 unspecified atom stereocenters. The number of hydrogen-bond donors (Lipinski definition) is 2. The van der Waals surface area contributed by atoms with Gasteiger partial charge in [-0.3, -0.25) is 14.7 Å². The summed E-state index contributed by atoms with van der Waals surface area (Å²) in [6.07, 6.45) is 0. The van der Waals surface area contributed by atoms with Crippen molar-refractivity contribution >= 4 is 23.7 Å². The number of urea groups is 1. The molecule has 0 radical (unpaired) electrons. The number of primary amides is 1. The highest BCUT2D eigenvalue weighted by Gasteiger charge is 2.22. The Morgan fingerprint density at radius 3 is 2.18 bits per heavy atom. The number of carbonyl (C=O) groups excluding carboxylic acids is 2. The van der Waals surface area contributed by atoms with Crippen LogP contribution in [0, 0.1) is 11.6 Å². The number of nitrogens with zero attached hydrogens (tertiary/aromatic N) is 3. The fourth-order valence-corrected chi connectivity index (χ4v) is 3.26. The van der Waals surface area contributed by atoms with E-state index in [9.17, 15) is 18.4 Å². The molecule has 144 valence electrons. The lowest BCUT2D eigenvalue weighted by Gasteiger charge is -2.13. The van der Waals surface area contributed by atoms with Gasteiger partial charge in [0.15, 0.2) is 11.0 Å². The van der Waals surface area contributed by atoms with Crippen molar-refractivity contribution in [2.24, 2.45) is 5.73 Å². The molecule has 0 saturated heterocycles. The van der Waals surface area contributed by atoms with Crippen LogP contribution in [0.4, 0.5) is 13.6 Å². The first-order chi connectivity index (χ1) is 13.3. The Bertz CT molecular complexity index is 1010. The van der Waals surface area contributed by atoms with Crippen LogP contribution in [0.25, 0.3) is 17.1 Å². The molecule has 3 aromatic rings. The fourth-order valence-electron chi connectivity index (χ4n) is 2.39. The van der Waals surface area contributed by atoms with E-state index in [-0.39, 0.29) is 0 Å². The van der Waals surface area contributed by atoms with Gasteiger partial charge in [-0.05, 0) is 55.5 Å². The van der Waals surface area contributed by atoms with Crippen molar-refractivity contribution in [3.63, 3.8) is 0 Å². The summed E-state index contributed by atoms with van der Waals surface area (Å²) in [5.41, 5.74) is 6.11. The van der Waals surface area contributed by atoms with Gasteiger partial charge >= 0.3 is 6.03 Å². The topological polar surface area (TPSA) is 103 Å². The van der Waals surface area contributed by atoms with Crippen LogP contribution < -0.4 is 11.1 Å². The number of carbonyl (C=O) groups is 2. The van der Waals surface area contributed by atoms with Crippen molar-refractivity contribution in [3.8, 4) is 17.1 Å². The molecule has 0 aliphatic heterocycles. The zero-order chi connectivity index (χ0) is 20.3. The molecule has 0 aliphatic rings. The largest absolute Gasteiger partial charge is 0.351 e. The molecule has 3 rings (SSSR count). The molecular weight excluding hydrogens is 388 g/mol. The molecule has 2 aromatic carbocycles. The lowest BCUT2D eigenvalue weighted by molar-refractivity contribution is -0.119. The van der Waals surface area contributed by atoms with Gasteiger partial charge in [-0.15, -0.1) is 10.2 Å². The maximum absolute atomic E-state index is 13.4. The Morgan fingerprint density at radius 2 is 1.61 bits per heavy atom.